The predicted octanol–water partition coefficient (Wildman–Crippen LogP) is 3.46. The smallest absolute Gasteiger partial charge is 0.338 e. The Bertz CT molecular complexity index is 1120. The highest BCUT2D eigenvalue weighted by Crippen LogP contribution is 2.29. The van der Waals surface area contributed by atoms with E-state index in [0.717, 1.165) is 12.8 Å². The van der Waals surface area contributed by atoms with Crippen LogP contribution in [-0.4, -0.2) is 51.9 Å². The van der Waals surface area contributed by atoms with Crippen molar-refractivity contribution in [3.8, 4) is 5.75 Å². The number of hydrogen-bond donors (Lipinski definition) is 1. The summed E-state index contributed by atoms with van der Waals surface area (Å²) in [5.41, 5.74) is 1.37. The zero-order valence-corrected chi connectivity index (χ0v) is 19.5. The number of benzene rings is 2. The van der Waals surface area contributed by atoms with E-state index in [1.54, 1.807) is 25.1 Å². The number of hydrogen-bond acceptors (Lipinski definition) is 6. The van der Waals surface area contributed by atoms with E-state index < -0.39 is 21.9 Å². The van der Waals surface area contributed by atoms with Crippen molar-refractivity contribution in [3.63, 3.8) is 0 Å². The van der Waals surface area contributed by atoms with Gasteiger partial charge in [-0.2, -0.15) is 4.31 Å². The molecule has 1 amide bonds. The largest absolute Gasteiger partial charge is 0.496 e. The summed E-state index contributed by atoms with van der Waals surface area (Å²) in [5, 5.41) is 2.75. The fourth-order valence-corrected chi connectivity index (χ4v) is 5.19. The summed E-state index contributed by atoms with van der Waals surface area (Å²) in [6.45, 7) is 4.71. The van der Waals surface area contributed by atoms with Gasteiger partial charge in [-0.05, 0) is 61.6 Å². The molecule has 0 aliphatic carbocycles. The lowest BCUT2D eigenvalue weighted by Crippen LogP contribution is -2.37. The van der Waals surface area contributed by atoms with Crippen molar-refractivity contribution in [2.75, 3.05) is 32.6 Å². The van der Waals surface area contributed by atoms with Crippen LogP contribution in [0.5, 0.6) is 5.75 Å². The molecule has 1 aliphatic rings. The van der Waals surface area contributed by atoms with Gasteiger partial charge in [0.05, 0.1) is 30.2 Å². The Morgan fingerprint density at radius 1 is 1.06 bits per heavy atom. The molecule has 1 aliphatic heterocycles. The lowest BCUT2D eigenvalue weighted by atomic mass is 10.0. The van der Waals surface area contributed by atoms with Crippen LogP contribution in [0.2, 0.25) is 0 Å². The molecule has 2 aromatic rings. The molecule has 0 radical (unpaired) electrons. The summed E-state index contributed by atoms with van der Waals surface area (Å²) in [6, 6.07) is 9.15. The van der Waals surface area contributed by atoms with E-state index in [2.05, 4.69) is 12.2 Å². The minimum atomic E-state index is -3.73. The summed E-state index contributed by atoms with van der Waals surface area (Å²) < 4.78 is 37.8. The van der Waals surface area contributed by atoms with Gasteiger partial charge in [0.15, 0.2) is 0 Å². The number of piperidine rings is 1. The van der Waals surface area contributed by atoms with Gasteiger partial charge in [-0.25, -0.2) is 13.2 Å². The van der Waals surface area contributed by atoms with Crippen molar-refractivity contribution in [3.05, 3.63) is 53.1 Å². The topological polar surface area (TPSA) is 102 Å². The molecule has 0 unspecified atom stereocenters. The molecule has 0 atom stereocenters. The van der Waals surface area contributed by atoms with E-state index in [1.165, 1.54) is 36.7 Å². The fraction of sp³-hybridized carbons (Fsp3) is 0.391. The predicted molar refractivity (Wildman–Crippen MR) is 121 cm³/mol. The molecule has 1 N–H and O–H groups in total. The Hall–Kier alpha value is -2.91. The van der Waals surface area contributed by atoms with Crippen LogP contribution >= 0.6 is 0 Å². The van der Waals surface area contributed by atoms with Gasteiger partial charge in [0.25, 0.3) is 5.91 Å². The molecule has 1 fully saturated rings. The fourth-order valence-electron chi connectivity index (χ4n) is 3.69. The minimum absolute atomic E-state index is 0.0398. The second kappa shape index (κ2) is 9.70. The summed E-state index contributed by atoms with van der Waals surface area (Å²) >= 11 is 0. The van der Waals surface area contributed by atoms with Crippen molar-refractivity contribution < 1.29 is 27.5 Å². The van der Waals surface area contributed by atoms with Crippen molar-refractivity contribution in [1.29, 1.82) is 0 Å². The highest BCUT2D eigenvalue weighted by Gasteiger charge is 2.29. The van der Waals surface area contributed by atoms with Crippen LogP contribution in [-0.2, 0) is 14.8 Å². The third-order valence-electron chi connectivity index (χ3n) is 5.78. The normalized spacial score (nSPS) is 15.2. The lowest BCUT2D eigenvalue weighted by Gasteiger charge is -2.29. The van der Waals surface area contributed by atoms with Crippen LogP contribution in [0.3, 0.4) is 0 Å². The molecule has 3 rings (SSSR count). The van der Waals surface area contributed by atoms with Crippen LogP contribution in [0.25, 0.3) is 0 Å². The van der Waals surface area contributed by atoms with Gasteiger partial charge in [0, 0.05) is 18.8 Å². The molecule has 0 bridgehead atoms. The molecule has 172 valence electrons. The van der Waals surface area contributed by atoms with E-state index in [-0.39, 0.29) is 16.2 Å². The first-order valence-electron chi connectivity index (χ1n) is 10.4. The first-order chi connectivity index (χ1) is 15.2. The standard InChI is InChI=1S/C23H28N2O6S/c1-15-10-12-25(13-11-15)32(28,29)17-8-9-21(30-3)19(14-17)22(26)24-20-7-5-6-18(16(20)2)23(27)31-4/h5-9,14-15H,10-13H2,1-4H3,(H,24,26). The second-order valence-corrected chi connectivity index (χ2v) is 9.81. The molecular weight excluding hydrogens is 432 g/mol. The number of methoxy groups -OCH3 is 2. The van der Waals surface area contributed by atoms with Crippen LogP contribution in [0, 0.1) is 12.8 Å². The van der Waals surface area contributed by atoms with Crippen LogP contribution in [0.4, 0.5) is 5.69 Å². The van der Waals surface area contributed by atoms with Gasteiger partial charge in [-0.3, -0.25) is 4.79 Å². The van der Waals surface area contributed by atoms with Gasteiger partial charge < -0.3 is 14.8 Å². The number of carbonyl (C=O) groups is 2. The number of esters is 1. The number of nitrogens with one attached hydrogen (secondary N) is 1. The number of rotatable bonds is 6. The second-order valence-electron chi connectivity index (χ2n) is 7.87. The molecule has 32 heavy (non-hydrogen) atoms. The monoisotopic (exact) mass is 460 g/mol. The quantitative estimate of drug-likeness (QED) is 0.663. The molecule has 0 aromatic heterocycles. The Kier molecular flexibility index (Phi) is 7.20. The summed E-state index contributed by atoms with van der Waals surface area (Å²) in [4.78, 5) is 25.1. The maximum atomic E-state index is 13.1. The molecule has 8 nitrogen and oxygen atoms in total. The average Bonchev–Trinajstić information content (AvgIpc) is 2.79. The van der Waals surface area contributed by atoms with Crippen molar-refractivity contribution in [2.45, 2.75) is 31.6 Å². The molecular formula is C23H28N2O6S. The SMILES string of the molecule is COC(=O)c1cccc(NC(=O)c2cc(S(=O)(=O)N3CCC(C)CC3)ccc2OC)c1C. The molecule has 0 saturated carbocycles. The molecule has 0 spiro atoms. The maximum Gasteiger partial charge on any atom is 0.338 e. The number of sulfonamides is 1. The Balaban J connectivity index is 1.93. The number of ether oxygens (including phenoxy) is 2. The van der Waals surface area contributed by atoms with Crippen molar-refractivity contribution in [2.24, 2.45) is 5.92 Å². The van der Waals surface area contributed by atoms with Gasteiger partial charge in [0.1, 0.15) is 5.75 Å². The number of carbonyl (C=O) groups excluding carboxylic acids is 2. The summed E-state index contributed by atoms with van der Waals surface area (Å²) in [6.07, 6.45) is 1.61. The van der Waals surface area contributed by atoms with Crippen LogP contribution < -0.4 is 10.1 Å². The van der Waals surface area contributed by atoms with Crippen LogP contribution in [0.1, 0.15) is 46.0 Å². The Morgan fingerprint density at radius 2 is 1.75 bits per heavy atom. The first-order valence-corrected chi connectivity index (χ1v) is 11.8. The number of anilines is 1. The molecule has 9 heteroatoms. The number of nitrogens with zero attached hydrogens (tertiary/aromatic N) is 1. The summed E-state index contributed by atoms with van der Waals surface area (Å²) in [7, 11) is -1.04. The van der Waals surface area contributed by atoms with Gasteiger partial charge in [-0.1, -0.05) is 13.0 Å². The molecule has 2 aromatic carbocycles. The zero-order valence-electron chi connectivity index (χ0n) is 18.7. The Labute approximate surface area is 188 Å². The molecule has 1 saturated heterocycles. The third kappa shape index (κ3) is 4.78. The van der Waals surface area contributed by atoms with E-state index >= 15 is 0 Å². The lowest BCUT2D eigenvalue weighted by molar-refractivity contribution is 0.0599. The third-order valence-corrected chi connectivity index (χ3v) is 7.68. The van der Waals surface area contributed by atoms with Crippen molar-refractivity contribution in [1.82, 2.24) is 4.31 Å². The minimum Gasteiger partial charge on any atom is -0.496 e. The first kappa shape index (κ1) is 23.7. The highest BCUT2D eigenvalue weighted by atomic mass is 32.2. The van der Waals surface area contributed by atoms with Crippen LogP contribution in [0.15, 0.2) is 41.3 Å². The highest BCUT2D eigenvalue weighted by molar-refractivity contribution is 7.89. The maximum absolute atomic E-state index is 13.1. The van der Waals surface area contributed by atoms with Gasteiger partial charge in [0.2, 0.25) is 10.0 Å². The van der Waals surface area contributed by atoms with E-state index in [4.69, 9.17) is 9.47 Å². The molecule has 1 heterocycles. The summed E-state index contributed by atoms with van der Waals surface area (Å²) in [5.74, 6) is -0.324. The Morgan fingerprint density at radius 3 is 2.38 bits per heavy atom. The van der Waals surface area contributed by atoms with Crippen molar-refractivity contribution >= 4 is 27.6 Å². The average molecular weight is 461 g/mol. The number of amides is 1. The van der Waals surface area contributed by atoms with Gasteiger partial charge >= 0.3 is 5.97 Å². The zero-order chi connectivity index (χ0) is 23.5. The van der Waals surface area contributed by atoms with E-state index in [9.17, 15) is 18.0 Å². The van der Waals surface area contributed by atoms with E-state index in [0.29, 0.717) is 35.8 Å². The van der Waals surface area contributed by atoms with Gasteiger partial charge in [-0.15, -0.1) is 0 Å². The van der Waals surface area contributed by atoms with E-state index in [1.807, 2.05) is 0 Å².